The Labute approximate surface area is 95.6 Å². The summed E-state index contributed by atoms with van der Waals surface area (Å²) >= 11 is 0. The maximum atomic E-state index is 11.2. The van der Waals surface area contributed by atoms with Gasteiger partial charge in [0.1, 0.15) is 0 Å². The highest BCUT2D eigenvalue weighted by molar-refractivity contribution is 5.76. The van der Waals surface area contributed by atoms with E-state index in [0.717, 1.165) is 25.2 Å². The van der Waals surface area contributed by atoms with E-state index in [2.05, 4.69) is 6.08 Å². The quantitative estimate of drug-likeness (QED) is 0.729. The van der Waals surface area contributed by atoms with Crippen LogP contribution in [0.15, 0.2) is 30.3 Å². The molecule has 84 valence electrons. The summed E-state index contributed by atoms with van der Waals surface area (Å²) in [7, 11) is 0. The van der Waals surface area contributed by atoms with E-state index in [0.29, 0.717) is 0 Å². The van der Waals surface area contributed by atoms with Crippen molar-refractivity contribution in [2.45, 2.75) is 13.3 Å². The summed E-state index contributed by atoms with van der Waals surface area (Å²) in [5.41, 5.74) is 8.94. The summed E-state index contributed by atoms with van der Waals surface area (Å²) in [5, 5.41) is 0. The molecule has 16 heavy (non-hydrogen) atoms. The molecule has 1 aromatic carbocycles. The van der Waals surface area contributed by atoms with Gasteiger partial charge in [-0.25, -0.2) is 0 Å². The zero-order chi connectivity index (χ0) is 11.5. The summed E-state index contributed by atoms with van der Waals surface area (Å²) in [6.07, 6.45) is 3.04. The SMILES string of the molecule is CC(=O)N1CC=C(c2ccc(N)cc2)CC1. The molecule has 2 rings (SSSR count). The van der Waals surface area contributed by atoms with Crippen molar-refractivity contribution in [3.05, 3.63) is 35.9 Å². The van der Waals surface area contributed by atoms with Crippen LogP contribution < -0.4 is 5.73 Å². The number of carbonyl (C=O) groups excluding carboxylic acids is 1. The number of nitrogens with two attached hydrogens (primary N) is 1. The predicted molar refractivity (Wildman–Crippen MR) is 65.7 cm³/mol. The van der Waals surface area contributed by atoms with Gasteiger partial charge in [0.2, 0.25) is 5.91 Å². The number of anilines is 1. The molecule has 0 radical (unpaired) electrons. The Morgan fingerprint density at radius 1 is 1.31 bits per heavy atom. The van der Waals surface area contributed by atoms with Crippen LogP contribution in [0.25, 0.3) is 5.57 Å². The summed E-state index contributed by atoms with van der Waals surface area (Å²) in [4.78, 5) is 13.0. The number of amides is 1. The van der Waals surface area contributed by atoms with Crippen molar-refractivity contribution in [1.82, 2.24) is 4.90 Å². The third kappa shape index (κ3) is 2.24. The number of nitrogens with zero attached hydrogens (tertiary/aromatic N) is 1. The van der Waals surface area contributed by atoms with Gasteiger partial charge >= 0.3 is 0 Å². The zero-order valence-electron chi connectivity index (χ0n) is 9.44. The van der Waals surface area contributed by atoms with Crippen LogP contribution in [0, 0.1) is 0 Å². The number of hydrogen-bond donors (Lipinski definition) is 1. The zero-order valence-corrected chi connectivity index (χ0v) is 9.44. The molecule has 0 atom stereocenters. The third-order valence-corrected chi connectivity index (χ3v) is 2.94. The van der Waals surface area contributed by atoms with Crippen molar-refractivity contribution in [1.29, 1.82) is 0 Å². The fourth-order valence-electron chi connectivity index (χ4n) is 1.91. The number of rotatable bonds is 1. The molecule has 3 nitrogen and oxygen atoms in total. The van der Waals surface area contributed by atoms with Crippen molar-refractivity contribution in [3.8, 4) is 0 Å². The van der Waals surface area contributed by atoms with E-state index in [4.69, 9.17) is 5.73 Å². The summed E-state index contributed by atoms with van der Waals surface area (Å²) in [6.45, 7) is 3.14. The highest BCUT2D eigenvalue weighted by Gasteiger charge is 2.14. The van der Waals surface area contributed by atoms with E-state index in [9.17, 15) is 4.79 Å². The molecular formula is C13H16N2O. The molecule has 0 saturated heterocycles. The average molecular weight is 216 g/mol. The lowest BCUT2D eigenvalue weighted by Gasteiger charge is -2.25. The van der Waals surface area contributed by atoms with Gasteiger partial charge in [0.15, 0.2) is 0 Å². The molecule has 1 heterocycles. The Hall–Kier alpha value is -1.77. The Morgan fingerprint density at radius 3 is 2.50 bits per heavy atom. The summed E-state index contributed by atoms with van der Waals surface area (Å²) in [6, 6.07) is 7.89. The summed E-state index contributed by atoms with van der Waals surface area (Å²) in [5.74, 6) is 0.146. The second-order valence-electron chi connectivity index (χ2n) is 4.07. The first-order chi connectivity index (χ1) is 7.66. The number of nitrogen functional groups attached to an aromatic ring is 1. The number of carbonyl (C=O) groups is 1. The minimum absolute atomic E-state index is 0.146. The van der Waals surface area contributed by atoms with E-state index in [-0.39, 0.29) is 5.91 Å². The van der Waals surface area contributed by atoms with Crippen molar-refractivity contribution >= 4 is 17.2 Å². The topological polar surface area (TPSA) is 46.3 Å². The van der Waals surface area contributed by atoms with Crippen LogP contribution in [0.4, 0.5) is 5.69 Å². The molecule has 0 fully saturated rings. The molecule has 0 saturated carbocycles. The van der Waals surface area contributed by atoms with E-state index in [1.165, 1.54) is 11.1 Å². The van der Waals surface area contributed by atoms with Crippen LogP contribution in [-0.4, -0.2) is 23.9 Å². The molecule has 0 aromatic heterocycles. The lowest BCUT2D eigenvalue weighted by atomic mass is 9.99. The lowest BCUT2D eigenvalue weighted by Crippen LogP contribution is -2.32. The molecule has 1 aliphatic rings. The van der Waals surface area contributed by atoms with E-state index >= 15 is 0 Å². The standard InChI is InChI=1S/C13H16N2O/c1-10(16)15-8-6-12(7-9-15)11-2-4-13(14)5-3-11/h2-6H,7-9,14H2,1H3. The van der Waals surface area contributed by atoms with E-state index in [1.807, 2.05) is 29.2 Å². The normalized spacial score (nSPS) is 15.8. The highest BCUT2D eigenvalue weighted by atomic mass is 16.2. The number of hydrogen-bond acceptors (Lipinski definition) is 2. The van der Waals surface area contributed by atoms with Crippen LogP contribution in [-0.2, 0) is 4.79 Å². The molecule has 0 spiro atoms. The molecule has 2 N–H and O–H groups in total. The molecule has 3 heteroatoms. The highest BCUT2D eigenvalue weighted by Crippen LogP contribution is 2.22. The largest absolute Gasteiger partial charge is 0.399 e. The van der Waals surface area contributed by atoms with Crippen LogP contribution in [0.3, 0.4) is 0 Å². The van der Waals surface area contributed by atoms with Crippen molar-refractivity contribution in [3.63, 3.8) is 0 Å². The lowest BCUT2D eigenvalue weighted by molar-refractivity contribution is -0.128. The molecule has 0 bridgehead atoms. The fraction of sp³-hybridized carbons (Fsp3) is 0.308. The van der Waals surface area contributed by atoms with Gasteiger partial charge in [-0.2, -0.15) is 0 Å². The van der Waals surface area contributed by atoms with Gasteiger partial charge < -0.3 is 10.6 Å². The molecular weight excluding hydrogens is 200 g/mol. The number of benzene rings is 1. The molecule has 1 aliphatic heterocycles. The maximum Gasteiger partial charge on any atom is 0.219 e. The first-order valence-electron chi connectivity index (χ1n) is 5.47. The van der Waals surface area contributed by atoms with E-state index in [1.54, 1.807) is 6.92 Å². The van der Waals surface area contributed by atoms with Crippen LogP contribution in [0.1, 0.15) is 18.9 Å². The molecule has 1 amide bonds. The average Bonchev–Trinajstić information content (AvgIpc) is 2.30. The second-order valence-corrected chi connectivity index (χ2v) is 4.07. The van der Waals surface area contributed by atoms with Gasteiger partial charge in [-0.15, -0.1) is 0 Å². The van der Waals surface area contributed by atoms with E-state index < -0.39 is 0 Å². The Bertz CT molecular complexity index is 420. The smallest absolute Gasteiger partial charge is 0.219 e. The van der Waals surface area contributed by atoms with Gasteiger partial charge in [0.05, 0.1) is 0 Å². The van der Waals surface area contributed by atoms with Gasteiger partial charge in [0.25, 0.3) is 0 Å². The van der Waals surface area contributed by atoms with Gasteiger partial charge in [-0.1, -0.05) is 18.2 Å². The first-order valence-corrected chi connectivity index (χ1v) is 5.47. The minimum atomic E-state index is 0.146. The van der Waals surface area contributed by atoms with Gasteiger partial charge in [0, 0.05) is 25.7 Å². The van der Waals surface area contributed by atoms with Crippen LogP contribution in [0.2, 0.25) is 0 Å². The molecule has 1 aromatic rings. The second kappa shape index (κ2) is 4.39. The minimum Gasteiger partial charge on any atom is -0.399 e. The summed E-state index contributed by atoms with van der Waals surface area (Å²) < 4.78 is 0. The van der Waals surface area contributed by atoms with Gasteiger partial charge in [-0.3, -0.25) is 4.79 Å². The van der Waals surface area contributed by atoms with Gasteiger partial charge in [-0.05, 0) is 29.7 Å². The van der Waals surface area contributed by atoms with Crippen molar-refractivity contribution in [2.24, 2.45) is 0 Å². The first kappa shape index (κ1) is 10.7. The molecule has 0 aliphatic carbocycles. The van der Waals surface area contributed by atoms with Crippen LogP contribution >= 0.6 is 0 Å². The van der Waals surface area contributed by atoms with Crippen molar-refractivity contribution in [2.75, 3.05) is 18.8 Å². The Morgan fingerprint density at radius 2 is 2.00 bits per heavy atom. The maximum absolute atomic E-state index is 11.2. The predicted octanol–water partition coefficient (Wildman–Crippen LogP) is 1.90. The monoisotopic (exact) mass is 216 g/mol. The van der Waals surface area contributed by atoms with Crippen LogP contribution in [0.5, 0.6) is 0 Å². The Kier molecular flexibility index (Phi) is 2.95. The fourth-order valence-corrected chi connectivity index (χ4v) is 1.91. The Balaban J connectivity index is 2.13. The molecule has 0 unspecified atom stereocenters. The van der Waals surface area contributed by atoms with Crippen molar-refractivity contribution < 1.29 is 4.79 Å². The third-order valence-electron chi connectivity index (χ3n) is 2.94.